The van der Waals surface area contributed by atoms with Gasteiger partial charge in [0.2, 0.25) is 0 Å². The predicted molar refractivity (Wildman–Crippen MR) is 91.8 cm³/mol. The van der Waals surface area contributed by atoms with E-state index in [1.54, 1.807) is 6.07 Å². The first kappa shape index (κ1) is 17.9. The number of hydrogen-bond acceptors (Lipinski definition) is 7. The number of carbonyl (C=O) groups is 2. The number of carboxylic acid groups (broad SMARTS) is 1. The second-order valence-electron chi connectivity index (χ2n) is 4.67. The van der Waals surface area contributed by atoms with Gasteiger partial charge < -0.3 is 9.84 Å². The number of ether oxygens (including phenoxy) is 1. The molecule has 0 aromatic heterocycles. The quantitative estimate of drug-likeness (QED) is 0.352. The SMILES string of the molecule is COc1ccc(/C=C2\SC(=S)N(CCC(=O)O)C2=O)cc1[N+](=O)[O-]. The van der Waals surface area contributed by atoms with Gasteiger partial charge in [0.05, 0.1) is 23.4 Å². The number of nitro groups is 1. The summed E-state index contributed by atoms with van der Waals surface area (Å²) in [5.74, 6) is -1.32. The molecule has 1 saturated heterocycles. The monoisotopic (exact) mass is 368 g/mol. The van der Waals surface area contributed by atoms with Crippen LogP contribution >= 0.6 is 24.0 Å². The molecular formula is C14H12N2O6S2. The topological polar surface area (TPSA) is 110 Å². The number of nitrogens with zero attached hydrogens (tertiary/aromatic N) is 2. The lowest BCUT2D eigenvalue weighted by atomic mass is 10.1. The molecule has 0 atom stereocenters. The summed E-state index contributed by atoms with van der Waals surface area (Å²) < 4.78 is 5.18. The van der Waals surface area contributed by atoms with Gasteiger partial charge in [-0.25, -0.2) is 0 Å². The van der Waals surface area contributed by atoms with Crippen LogP contribution in [0.5, 0.6) is 5.75 Å². The van der Waals surface area contributed by atoms with Crippen LogP contribution in [0.3, 0.4) is 0 Å². The molecule has 1 aromatic rings. The summed E-state index contributed by atoms with van der Waals surface area (Å²) in [4.78, 5) is 34.8. The summed E-state index contributed by atoms with van der Waals surface area (Å²) >= 11 is 6.10. The number of methoxy groups -OCH3 is 1. The Morgan fingerprint density at radius 3 is 2.83 bits per heavy atom. The molecule has 2 rings (SSSR count). The van der Waals surface area contributed by atoms with Crippen LogP contribution in [-0.2, 0) is 9.59 Å². The van der Waals surface area contributed by atoms with Gasteiger partial charge in [0.1, 0.15) is 4.32 Å². The molecule has 1 N–H and O–H groups in total. The first-order valence-electron chi connectivity index (χ1n) is 6.63. The molecule has 1 fully saturated rings. The Labute approximate surface area is 146 Å². The molecule has 10 heteroatoms. The summed E-state index contributed by atoms with van der Waals surface area (Å²) in [7, 11) is 1.33. The van der Waals surface area contributed by atoms with E-state index in [1.165, 1.54) is 30.2 Å². The molecule has 0 unspecified atom stereocenters. The number of thioether (sulfide) groups is 1. The molecule has 0 aliphatic carbocycles. The van der Waals surface area contributed by atoms with Crippen LogP contribution < -0.4 is 4.74 Å². The van der Waals surface area contributed by atoms with Gasteiger partial charge in [-0.15, -0.1) is 0 Å². The molecular weight excluding hydrogens is 356 g/mol. The molecule has 0 saturated carbocycles. The molecule has 1 aliphatic heterocycles. The van der Waals surface area contributed by atoms with Crippen molar-refractivity contribution in [2.45, 2.75) is 6.42 Å². The van der Waals surface area contributed by atoms with E-state index in [0.717, 1.165) is 11.8 Å². The molecule has 1 aromatic carbocycles. The predicted octanol–water partition coefficient (Wildman–Crippen LogP) is 2.28. The van der Waals surface area contributed by atoms with E-state index in [9.17, 15) is 19.7 Å². The van der Waals surface area contributed by atoms with Crippen LogP contribution in [0.4, 0.5) is 5.69 Å². The molecule has 8 nitrogen and oxygen atoms in total. The Morgan fingerprint density at radius 2 is 2.25 bits per heavy atom. The lowest BCUT2D eigenvalue weighted by Gasteiger charge is -2.12. The fourth-order valence-electron chi connectivity index (χ4n) is 1.99. The van der Waals surface area contributed by atoms with Crippen molar-refractivity contribution in [1.29, 1.82) is 0 Å². The largest absolute Gasteiger partial charge is 0.490 e. The number of amides is 1. The Balaban J connectivity index is 2.27. The fraction of sp³-hybridized carbons (Fsp3) is 0.214. The van der Waals surface area contributed by atoms with E-state index in [1.807, 2.05) is 0 Å². The van der Waals surface area contributed by atoms with E-state index < -0.39 is 16.8 Å². The molecule has 1 aliphatic rings. The Morgan fingerprint density at radius 1 is 1.54 bits per heavy atom. The van der Waals surface area contributed by atoms with Crippen LogP contribution in [0, 0.1) is 10.1 Å². The van der Waals surface area contributed by atoms with Crippen LogP contribution in [-0.4, -0.2) is 44.8 Å². The van der Waals surface area contributed by atoms with Crippen LogP contribution in [0.15, 0.2) is 23.1 Å². The standard InChI is InChI=1S/C14H12N2O6S2/c1-22-10-3-2-8(6-9(10)16(20)21)7-11-13(19)15(14(23)24-11)5-4-12(17)18/h2-3,6-7H,4-5H2,1H3,(H,17,18)/b11-7-. The van der Waals surface area contributed by atoms with Crippen molar-refractivity contribution in [3.63, 3.8) is 0 Å². The fourth-order valence-corrected chi connectivity index (χ4v) is 3.30. The van der Waals surface area contributed by atoms with Gasteiger partial charge in [-0.3, -0.25) is 24.6 Å². The summed E-state index contributed by atoms with van der Waals surface area (Å²) in [6, 6.07) is 4.31. The second kappa shape index (κ2) is 7.41. The summed E-state index contributed by atoms with van der Waals surface area (Å²) in [6.07, 6.45) is 1.26. The van der Waals surface area contributed by atoms with E-state index in [4.69, 9.17) is 22.1 Å². The second-order valence-corrected chi connectivity index (χ2v) is 6.34. The van der Waals surface area contributed by atoms with Crippen molar-refractivity contribution in [2.75, 3.05) is 13.7 Å². The van der Waals surface area contributed by atoms with E-state index in [0.29, 0.717) is 5.56 Å². The maximum absolute atomic E-state index is 12.3. The van der Waals surface area contributed by atoms with Crippen molar-refractivity contribution in [3.05, 3.63) is 38.8 Å². The van der Waals surface area contributed by atoms with Gasteiger partial charge in [0.25, 0.3) is 5.91 Å². The molecule has 0 radical (unpaired) electrons. The van der Waals surface area contributed by atoms with Crippen LogP contribution in [0.25, 0.3) is 6.08 Å². The Kier molecular flexibility index (Phi) is 5.52. The van der Waals surface area contributed by atoms with Crippen molar-refractivity contribution in [3.8, 4) is 5.75 Å². The zero-order valence-electron chi connectivity index (χ0n) is 12.4. The average molecular weight is 368 g/mol. The molecule has 1 heterocycles. The Bertz CT molecular complexity index is 762. The number of aliphatic carboxylic acids is 1. The number of benzene rings is 1. The van der Waals surface area contributed by atoms with Gasteiger partial charge in [-0.05, 0) is 17.7 Å². The van der Waals surface area contributed by atoms with Crippen molar-refractivity contribution in [1.82, 2.24) is 4.90 Å². The van der Waals surface area contributed by atoms with Crippen LogP contribution in [0.2, 0.25) is 0 Å². The third-order valence-electron chi connectivity index (χ3n) is 3.12. The van der Waals surface area contributed by atoms with Gasteiger partial charge in [0.15, 0.2) is 5.75 Å². The normalized spacial score (nSPS) is 15.9. The highest BCUT2D eigenvalue weighted by Crippen LogP contribution is 2.34. The zero-order valence-corrected chi connectivity index (χ0v) is 14.1. The number of nitro benzene ring substituents is 1. The summed E-state index contributed by atoms with van der Waals surface area (Å²) in [6.45, 7) is -0.0138. The number of hydrogen-bond donors (Lipinski definition) is 1. The van der Waals surface area contributed by atoms with Gasteiger partial charge in [0, 0.05) is 12.6 Å². The van der Waals surface area contributed by atoms with Crippen molar-refractivity contribution >= 4 is 51.9 Å². The minimum Gasteiger partial charge on any atom is -0.490 e. The average Bonchev–Trinajstić information content (AvgIpc) is 2.79. The maximum atomic E-state index is 12.3. The smallest absolute Gasteiger partial charge is 0.311 e. The minimum atomic E-state index is -1.03. The highest BCUT2D eigenvalue weighted by molar-refractivity contribution is 8.26. The first-order valence-corrected chi connectivity index (χ1v) is 7.85. The highest BCUT2D eigenvalue weighted by atomic mass is 32.2. The molecule has 126 valence electrons. The number of carbonyl (C=O) groups excluding carboxylic acids is 1. The minimum absolute atomic E-state index is 0.0138. The van der Waals surface area contributed by atoms with E-state index >= 15 is 0 Å². The number of thiocarbonyl (C=S) groups is 1. The third-order valence-corrected chi connectivity index (χ3v) is 4.50. The lowest BCUT2D eigenvalue weighted by Crippen LogP contribution is -2.30. The van der Waals surface area contributed by atoms with Gasteiger partial charge in [-0.1, -0.05) is 30.0 Å². The third kappa shape index (κ3) is 3.89. The van der Waals surface area contributed by atoms with Crippen molar-refractivity contribution in [2.24, 2.45) is 0 Å². The maximum Gasteiger partial charge on any atom is 0.311 e. The summed E-state index contributed by atoms with van der Waals surface area (Å²) in [5.41, 5.74) is 0.230. The Hall–Kier alpha value is -2.46. The summed E-state index contributed by atoms with van der Waals surface area (Å²) in [5, 5.41) is 19.7. The zero-order chi connectivity index (χ0) is 17.9. The lowest BCUT2D eigenvalue weighted by molar-refractivity contribution is -0.385. The number of carboxylic acids is 1. The van der Waals surface area contributed by atoms with Gasteiger partial charge >= 0.3 is 11.7 Å². The molecule has 1 amide bonds. The molecule has 0 spiro atoms. The van der Waals surface area contributed by atoms with Crippen LogP contribution in [0.1, 0.15) is 12.0 Å². The van der Waals surface area contributed by atoms with E-state index in [2.05, 4.69) is 0 Å². The van der Waals surface area contributed by atoms with E-state index in [-0.39, 0.29) is 33.6 Å². The first-order chi connectivity index (χ1) is 11.3. The number of rotatable bonds is 6. The molecule has 0 bridgehead atoms. The molecule has 24 heavy (non-hydrogen) atoms. The van der Waals surface area contributed by atoms with Gasteiger partial charge in [-0.2, -0.15) is 0 Å². The van der Waals surface area contributed by atoms with Crippen molar-refractivity contribution < 1.29 is 24.4 Å². The highest BCUT2D eigenvalue weighted by Gasteiger charge is 2.32.